The lowest BCUT2D eigenvalue weighted by molar-refractivity contribution is -0.140. The summed E-state index contributed by atoms with van der Waals surface area (Å²) in [6, 6.07) is 15.7. The predicted octanol–water partition coefficient (Wildman–Crippen LogP) is 4.10. The molecule has 0 spiro atoms. The molecule has 0 aliphatic carbocycles. The first kappa shape index (κ1) is 41.4. The highest BCUT2D eigenvalue weighted by atomic mass is 16.5. The zero-order valence-corrected chi connectivity index (χ0v) is 34.0. The van der Waals surface area contributed by atoms with Crippen molar-refractivity contribution in [3.05, 3.63) is 83.2 Å². The molecule has 4 atom stereocenters. The molecule has 2 fully saturated rings. The van der Waals surface area contributed by atoms with E-state index in [0.717, 1.165) is 10.5 Å². The Hall–Kier alpha value is -5.74. The smallest absolute Gasteiger partial charge is 0.270 e. The van der Waals surface area contributed by atoms with Gasteiger partial charge in [-0.2, -0.15) is 5.10 Å². The molecule has 16 heteroatoms. The highest BCUT2D eigenvalue weighted by Crippen LogP contribution is 2.40. The minimum absolute atomic E-state index is 0.0268. The molecule has 5 amide bonds. The molecular formula is C43H53N9O7. The van der Waals surface area contributed by atoms with Gasteiger partial charge in [-0.1, -0.05) is 49.4 Å². The first-order valence-electron chi connectivity index (χ1n) is 20.4. The molecule has 59 heavy (non-hydrogen) atoms. The third-order valence-electron chi connectivity index (χ3n) is 11.9. The molecule has 2 aromatic carbocycles. The summed E-state index contributed by atoms with van der Waals surface area (Å²) in [5.74, 6) is -1.52. The van der Waals surface area contributed by atoms with E-state index in [1.807, 2.05) is 69.1 Å². The third kappa shape index (κ3) is 8.98. The number of aliphatic hydroxyl groups excluding tert-OH is 1. The van der Waals surface area contributed by atoms with E-state index in [1.54, 1.807) is 35.5 Å². The zero-order chi connectivity index (χ0) is 41.9. The Balaban J connectivity index is 0.893. The Morgan fingerprint density at radius 2 is 1.75 bits per heavy atom. The minimum Gasteiger partial charge on any atom is -0.379 e. The normalized spacial score (nSPS) is 21.9. The van der Waals surface area contributed by atoms with Crippen LogP contribution in [0.1, 0.15) is 117 Å². The van der Waals surface area contributed by atoms with Crippen LogP contribution >= 0.6 is 0 Å². The molecule has 5 heterocycles. The van der Waals surface area contributed by atoms with Crippen molar-refractivity contribution in [2.45, 2.75) is 102 Å². The van der Waals surface area contributed by atoms with Gasteiger partial charge in [-0.15, -0.1) is 0 Å². The van der Waals surface area contributed by atoms with Crippen molar-refractivity contribution in [1.82, 2.24) is 30.5 Å². The Morgan fingerprint density at radius 3 is 2.47 bits per heavy atom. The maximum Gasteiger partial charge on any atom is 0.270 e. The second-order valence-corrected chi connectivity index (χ2v) is 16.6. The summed E-state index contributed by atoms with van der Waals surface area (Å²) >= 11 is 0. The number of ether oxygens (including phenoxy) is 1. The number of aromatic nitrogens is 2. The van der Waals surface area contributed by atoms with Crippen molar-refractivity contribution < 1.29 is 33.8 Å². The van der Waals surface area contributed by atoms with Crippen molar-refractivity contribution >= 4 is 47.4 Å². The molecule has 4 unspecified atom stereocenters. The average molecular weight is 808 g/mol. The van der Waals surface area contributed by atoms with E-state index in [1.165, 1.54) is 0 Å². The molecule has 0 bridgehead atoms. The number of carbonyl (C=O) groups is 5. The van der Waals surface area contributed by atoms with Crippen LogP contribution in [-0.4, -0.2) is 104 Å². The molecule has 1 aromatic heterocycles. The maximum atomic E-state index is 13.7. The van der Waals surface area contributed by atoms with Crippen molar-refractivity contribution in [2.24, 2.45) is 11.0 Å². The van der Waals surface area contributed by atoms with Gasteiger partial charge in [0.25, 0.3) is 11.8 Å². The largest absolute Gasteiger partial charge is 0.379 e. The number of imide groups is 1. The number of piperidine rings is 2. The van der Waals surface area contributed by atoms with Gasteiger partial charge in [0.15, 0.2) is 6.23 Å². The highest BCUT2D eigenvalue weighted by molar-refractivity contribution is 6.08. The maximum absolute atomic E-state index is 13.7. The van der Waals surface area contributed by atoms with Crippen molar-refractivity contribution in [3.8, 4) is 0 Å². The summed E-state index contributed by atoms with van der Waals surface area (Å²) in [6.07, 6.45) is 5.39. The van der Waals surface area contributed by atoms with Crippen LogP contribution in [0.25, 0.3) is 0 Å². The van der Waals surface area contributed by atoms with Gasteiger partial charge in [0.2, 0.25) is 23.7 Å². The number of hydrogen-bond acceptors (Lipinski definition) is 12. The lowest BCUT2D eigenvalue weighted by Gasteiger charge is -2.34. The number of nitrogens with one attached hydrogen (secondary N) is 3. The van der Waals surface area contributed by atoms with Gasteiger partial charge in [0, 0.05) is 74.2 Å². The van der Waals surface area contributed by atoms with Crippen LogP contribution in [0.4, 0.5) is 11.6 Å². The van der Waals surface area contributed by atoms with Crippen LogP contribution in [0.15, 0.2) is 65.9 Å². The summed E-state index contributed by atoms with van der Waals surface area (Å²) in [4.78, 5) is 77.0. The predicted molar refractivity (Wildman–Crippen MR) is 219 cm³/mol. The Morgan fingerprint density at radius 1 is 0.983 bits per heavy atom. The summed E-state index contributed by atoms with van der Waals surface area (Å²) in [7, 11) is 0. The topological polar surface area (TPSA) is 199 Å². The molecular weight excluding hydrogens is 755 g/mol. The zero-order valence-electron chi connectivity index (χ0n) is 34.0. The quantitative estimate of drug-likeness (QED) is 0.171. The summed E-state index contributed by atoms with van der Waals surface area (Å²) < 4.78 is 6.38. The Kier molecular flexibility index (Phi) is 12.1. The van der Waals surface area contributed by atoms with E-state index in [9.17, 15) is 29.1 Å². The average Bonchev–Trinajstić information content (AvgIpc) is 3.83. The Labute approximate surface area is 343 Å². The SMILES string of the molecule is CCC(C)(CNC(=O)c1ccnc(N2CCC(C(=O)N3N=CCC3c3ccccc3)CC2)n1)OCCC(C)(C)Nc1cccc2c1C(=O)N(C1CCC(=O)NC1=O)C2O. The number of benzene rings is 2. The Bertz CT molecular complexity index is 2110. The molecule has 0 saturated carbocycles. The molecule has 0 radical (unpaired) electrons. The van der Waals surface area contributed by atoms with Gasteiger partial charge in [-0.25, -0.2) is 15.0 Å². The molecule has 4 N–H and O–H groups in total. The number of hydrogen-bond donors (Lipinski definition) is 4. The van der Waals surface area contributed by atoms with E-state index >= 15 is 0 Å². The number of aliphatic hydroxyl groups is 1. The van der Waals surface area contributed by atoms with Crippen LogP contribution in [0.2, 0.25) is 0 Å². The fourth-order valence-electron chi connectivity index (χ4n) is 8.11. The lowest BCUT2D eigenvalue weighted by Crippen LogP contribution is -2.53. The summed E-state index contributed by atoms with van der Waals surface area (Å²) in [5, 5.41) is 25.8. The molecule has 7 rings (SSSR count). The molecule has 3 aromatic rings. The number of fused-ring (bicyclic) bond motifs is 1. The van der Waals surface area contributed by atoms with Gasteiger partial charge in [-0.3, -0.25) is 34.2 Å². The van der Waals surface area contributed by atoms with Crippen LogP contribution < -0.4 is 20.9 Å². The van der Waals surface area contributed by atoms with Crippen LogP contribution in [0.5, 0.6) is 0 Å². The number of nitrogens with zero attached hydrogens (tertiary/aromatic N) is 6. The van der Waals surface area contributed by atoms with Crippen LogP contribution in [0, 0.1) is 5.92 Å². The molecule has 4 aliphatic heterocycles. The second kappa shape index (κ2) is 17.2. The molecule has 2 saturated heterocycles. The van der Waals surface area contributed by atoms with Crippen molar-refractivity contribution in [2.75, 3.05) is 36.5 Å². The first-order valence-corrected chi connectivity index (χ1v) is 20.4. The van der Waals surface area contributed by atoms with E-state index in [4.69, 9.17) is 4.74 Å². The van der Waals surface area contributed by atoms with Gasteiger partial charge >= 0.3 is 0 Å². The van der Waals surface area contributed by atoms with E-state index < -0.39 is 41.1 Å². The van der Waals surface area contributed by atoms with Gasteiger partial charge in [0.1, 0.15) is 11.7 Å². The summed E-state index contributed by atoms with van der Waals surface area (Å²) in [6.45, 7) is 9.61. The van der Waals surface area contributed by atoms with Crippen LogP contribution in [-0.2, 0) is 19.1 Å². The highest BCUT2D eigenvalue weighted by Gasteiger charge is 2.46. The minimum atomic E-state index is -1.32. The fraction of sp³-hybridized carbons (Fsp3) is 0.488. The number of rotatable bonds is 14. The first-order chi connectivity index (χ1) is 28.3. The number of anilines is 2. The fourth-order valence-corrected chi connectivity index (χ4v) is 8.11. The molecule has 4 aliphatic rings. The molecule has 312 valence electrons. The van der Waals surface area contributed by atoms with E-state index in [-0.39, 0.29) is 54.4 Å². The monoisotopic (exact) mass is 807 g/mol. The van der Waals surface area contributed by atoms with Crippen molar-refractivity contribution in [1.29, 1.82) is 0 Å². The number of amides is 5. The summed E-state index contributed by atoms with van der Waals surface area (Å²) in [5.41, 5.74) is 1.26. The van der Waals surface area contributed by atoms with Gasteiger partial charge < -0.3 is 25.4 Å². The standard InChI is InChI=1S/C43H53N9O7/c1-5-43(4,59-25-20-42(2,3)49-30-13-9-12-29-35(30)40(58)51(39(29)57)33-14-15-34(53)48-37(33)55)26-45-36(54)31-16-21-44-41(47-31)50-23-18-28(19-24-50)38(56)52-32(17-22-46-52)27-10-7-6-8-11-27/h6-13,16,21-22,28,32-33,39,49,57H,5,14-15,17-20,23-26H2,1-4H3,(H,45,54)(H,48,53,55). The van der Waals surface area contributed by atoms with E-state index in [0.29, 0.717) is 69.0 Å². The van der Waals surface area contributed by atoms with Crippen molar-refractivity contribution in [3.63, 3.8) is 0 Å². The van der Waals surface area contributed by atoms with E-state index in [2.05, 4.69) is 31.0 Å². The number of hydrazone groups is 1. The number of carbonyl (C=O) groups excluding carboxylic acids is 5. The third-order valence-corrected chi connectivity index (χ3v) is 11.9. The van der Waals surface area contributed by atoms with Gasteiger partial charge in [-0.05, 0) is 70.6 Å². The lowest BCUT2D eigenvalue weighted by atomic mass is 9.94. The second-order valence-electron chi connectivity index (χ2n) is 16.6. The van der Waals surface area contributed by atoms with Gasteiger partial charge in [0.05, 0.1) is 17.2 Å². The van der Waals surface area contributed by atoms with Crippen LogP contribution in [0.3, 0.4) is 0 Å². The molecule has 16 nitrogen and oxygen atoms in total.